The van der Waals surface area contributed by atoms with Crippen LogP contribution >= 0.6 is 0 Å². The standard InChI is InChI=1S/C21H29N3O3/c1-2-16(3-1)24-8-6-17(7-9-24)26-18-4-5-19-20(14-18)27-21(22-19)15-23-10-12-25-13-11-23/h4-5,14,16-17H,1-3,6-13,15H2. The van der Waals surface area contributed by atoms with Crippen molar-refractivity contribution in [1.29, 1.82) is 0 Å². The molecule has 0 bridgehead atoms. The summed E-state index contributed by atoms with van der Waals surface area (Å²) in [5.41, 5.74) is 1.73. The van der Waals surface area contributed by atoms with Crippen LogP contribution in [0, 0.1) is 0 Å². The van der Waals surface area contributed by atoms with Crippen LogP contribution in [0.4, 0.5) is 0 Å². The normalized spacial score (nSPS) is 23.6. The first-order valence-electron chi connectivity index (χ1n) is 10.4. The Hall–Kier alpha value is -1.63. The van der Waals surface area contributed by atoms with Crippen LogP contribution in [-0.2, 0) is 11.3 Å². The Balaban J connectivity index is 1.19. The van der Waals surface area contributed by atoms with Gasteiger partial charge in [0.15, 0.2) is 5.58 Å². The molecule has 3 fully saturated rings. The third kappa shape index (κ3) is 3.98. The molecule has 146 valence electrons. The fraction of sp³-hybridized carbons (Fsp3) is 0.667. The summed E-state index contributed by atoms with van der Waals surface area (Å²) >= 11 is 0. The SMILES string of the molecule is c1cc2nc(CN3CCOCC3)oc2cc1OC1CCN(C2CCC2)CC1. The monoisotopic (exact) mass is 371 g/mol. The smallest absolute Gasteiger partial charge is 0.209 e. The number of likely N-dealkylation sites (tertiary alicyclic amines) is 1. The highest BCUT2D eigenvalue weighted by Gasteiger charge is 2.29. The molecule has 6 heteroatoms. The maximum atomic E-state index is 6.26. The summed E-state index contributed by atoms with van der Waals surface area (Å²) < 4.78 is 17.7. The number of hydrogen-bond acceptors (Lipinski definition) is 6. The Morgan fingerprint density at radius 3 is 2.59 bits per heavy atom. The van der Waals surface area contributed by atoms with E-state index < -0.39 is 0 Å². The van der Waals surface area contributed by atoms with Crippen molar-refractivity contribution in [3.63, 3.8) is 0 Å². The Labute approximate surface area is 160 Å². The highest BCUT2D eigenvalue weighted by molar-refractivity contribution is 5.74. The van der Waals surface area contributed by atoms with E-state index in [-0.39, 0.29) is 0 Å². The zero-order valence-corrected chi connectivity index (χ0v) is 15.9. The molecule has 1 aromatic carbocycles. The zero-order chi connectivity index (χ0) is 18.1. The second-order valence-electron chi connectivity index (χ2n) is 8.06. The molecule has 27 heavy (non-hydrogen) atoms. The molecule has 1 aliphatic carbocycles. The number of piperidine rings is 1. The fourth-order valence-electron chi connectivity index (χ4n) is 4.35. The van der Waals surface area contributed by atoms with Crippen molar-refractivity contribution in [1.82, 2.24) is 14.8 Å². The van der Waals surface area contributed by atoms with Gasteiger partial charge in [-0.25, -0.2) is 4.98 Å². The Morgan fingerprint density at radius 2 is 1.85 bits per heavy atom. The zero-order valence-electron chi connectivity index (χ0n) is 15.9. The molecule has 5 rings (SSSR count). The molecular formula is C21H29N3O3. The van der Waals surface area contributed by atoms with Crippen molar-refractivity contribution in [3.05, 3.63) is 24.1 Å². The number of nitrogens with zero attached hydrogens (tertiary/aromatic N) is 3. The van der Waals surface area contributed by atoms with Gasteiger partial charge in [-0.3, -0.25) is 4.90 Å². The molecule has 0 unspecified atom stereocenters. The molecule has 2 aliphatic heterocycles. The van der Waals surface area contributed by atoms with Gasteiger partial charge in [-0.1, -0.05) is 6.42 Å². The molecule has 0 amide bonds. The third-order valence-corrected chi connectivity index (χ3v) is 6.24. The molecule has 1 aromatic heterocycles. The highest BCUT2D eigenvalue weighted by Crippen LogP contribution is 2.29. The maximum absolute atomic E-state index is 6.26. The van der Waals surface area contributed by atoms with Crippen LogP contribution in [0.15, 0.2) is 22.6 Å². The molecule has 0 spiro atoms. The van der Waals surface area contributed by atoms with E-state index in [1.54, 1.807) is 0 Å². The molecule has 0 radical (unpaired) electrons. The van der Waals surface area contributed by atoms with Crippen molar-refractivity contribution in [3.8, 4) is 5.75 Å². The van der Waals surface area contributed by atoms with Crippen molar-refractivity contribution in [2.45, 2.75) is 50.8 Å². The van der Waals surface area contributed by atoms with Gasteiger partial charge in [-0.05, 0) is 37.8 Å². The van der Waals surface area contributed by atoms with Crippen LogP contribution in [0.25, 0.3) is 11.1 Å². The predicted octanol–water partition coefficient (Wildman–Crippen LogP) is 3.06. The number of hydrogen-bond donors (Lipinski definition) is 0. The lowest BCUT2D eigenvalue weighted by Gasteiger charge is -2.41. The molecule has 0 atom stereocenters. The summed E-state index contributed by atoms with van der Waals surface area (Å²) in [6, 6.07) is 6.90. The Bertz CT molecular complexity index is 759. The fourth-order valence-corrected chi connectivity index (χ4v) is 4.35. The predicted molar refractivity (Wildman–Crippen MR) is 103 cm³/mol. The van der Waals surface area contributed by atoms with Gasteiger partial charge in [-0.2, -0.15) is 0 Å². The van der Waals surface area contributed by atoms with Crippen molar-refractivity contribution >= 4 is 11.1 Å². The van der Waals surface area contributed by atoms with Crippen LogP contribution < -0.4 is 4.74 Å². The van der Waals surface area contributed by atoms with Gasteiger partial charge in [0.05, 0.1) is 19.8 Å². The number of benzene rings is 1. The van der Waals surface area contributed by atoms with Crippen molar-refractivity contribution in [2.24, 2.45) is 0 Å². The van der Waals surface area contributed by atoms with Crippen LogP contribution in [0.3, 0.4) is 0 Å². The summed E-state index contributed by atoms with van der Waals surface area (Å²) in [5.74, 6) is 1.68. The lowest BCUT2D eigenvalue weighted by atomic mass is 9.90. The minimum absolute atomic E-state index is 0.314. The molecule has 6 nitrogen and oxygen atoms in total. The van der Waals surface area contributed by atoms with E-state index in [2.05, 4.69) is 14.8 Å². The lowest BCUT2D eigenvalue weighted by molar-refractivity contribution is 0.0308. The van der Waals surface area contributed by atoms with E-state index in [1.165, 1.54) is 32.4 Å². The molecule has 3 aliphatic rings. The average molecular weight is 371 g/mol. The Kier molecular flexibility index (Phi) is 5.03. The minimum atomic E-state index is 0.314. The topological polar surface area (TPSA) is 51.0 Å². The summed E-state index contributed by atoms with van der Waals surface area (Å²) in [4.78, 5) is 9.60. The van der Waals surface area contributed by atoms with Gasteiger partial charge in [0.2, 0.25) is 5.89 Å². The summed E-state index contributed by atoms with van der Waals surface area (Å²) in [5, 5.41) is 0. The summed E-state index contributed by atoms with van der Waals surface area (Å²) in [6.07, 6.45) is 6.74. The maximum Gasteiger partial charge on any atom is 0.209 e. The van der Waals surface area contributed by atoms with Gasteiger partial charge in [0.1, 0.15) is 17.4 Å². The second-order valence-corrected chi connectivity index (χ2v) is 8.06. The van der Waals surface area contributed by atoms with Crippen molar-refractivity contribution in [2.75, 3.05) is 39.4 Å². The van der Waals surface area contributed by atoms with Crippen LogP contribution in [-0.4, -0.2) is 66.3 Å². The van der Waals surface area contributed by atoms with E-state index in [4.69, 9.17) is 13.9 Å². The Morgan fingerprint density at radius 1 is 1.04 bits per heavy atom. The van der Waals surface area contributed by atoms with Gasteiger partial charge in [0.25, 0.3) is 0 Å². The number of ether oxygens (including phenoxy) is 2. The highest BCUT2D eigenvalue weighted by atomic mass is 16.5. The molecule has 3 heterocycles. The number of aromatic nitrogens is 1. The molecule has 2 saturated heterocycles. The largest absolute Gasteiger partial charge is 0.490 e. The second kappa shape index (κ2) is 7.78. The van der Waals surface area contributed by atoms with Crippen LogP contribution in [0.2, 0.25) is 0 Å². The van der Waals surface area contributed by atoms with Crippen molar-refractivity contribution < 1.29 is 13.9 Å². The molecule has 1 saturated carbocycles. The van der Waals surface area contributed by atoms with Crippen LogP contribution in [0.1, 0.15) is 38.0 Å². The molecular weight excluding hydrogens is 342 g/mol. The van der Waals surface area contributed by atoms with E-state index in [1.807, 2.05) is 18.2 Å². The van der Waals surface area contributed by atoms with Crippen LogP contribution in [0.5, 0.6) is 5.75 Å². The van der Waals surface area contributed by atoms with E-state index in [0.29, 0.717) is 6.10 Å². The van der Waals surface area contributed by atoms with Gasteiger partial charge in [-0.15, -0.1) is 0 Å². The lowest BCUT2D eigenvalue weighted by Crippen LogP contribution is -2.46. The first-order valence-corrected chi connectivity index (χ1v) is 10.4. The van der Waals surface area contributed by atoms with E-state index in [0.717, 1.165) is 74.5 Å². The summed E-state index contributed by atoms with van der Waals surface area (Å²) in [7, 11) is 0. The van der Waals surface area contributed by atoms with Gasteiger partial charge < -0.3 is 18.8 Å². The first kappa shape index (κ1) is 17.5. The first-order chi connectivity index (χ1) is 13.3. The number of oxazole rings is 1. The number of rotatable bonds is 5. The number of fused-ring (bicyclic) bond motifs is 1. The molecule has 2 aromatic rings. The average Bonchev–Trinajstić information content (AvgIpc) is 3.04. The van der Waals surface area contributed by atoms with E-state index >= 15 is 0 Å². The van der Waals surface area contributed by atoms with Gasteiger partial charge in [0, 0.05) is 38.3 Å². The number of morpholine rings is 1. The van der Waals surface area contributed by atoms with Gasteiger partial charge >= 0.3 is 0 Å². The third-order valence-electron chi connectivity index (χ3n) is 6.24. The molecule has 0 N–H and O–H groups in total. The quantitative estimate of drug-likeness (QED) is 0.805. The van der Waals surface area contributed by atoms with E-state index in [9.17, 15) is 0 Å². The summed E-state index contributed by atoms with van der Waals surface area (Å²) in [6.45, 7) is 6.54. The minimum Gasteiger partial charge on any atom is -0.490 e.